The van der Waals surface area contributed by atoms with Crippen LogP contribution in [0.15, 0.2) is 48.5 Å². The lowest BCUT2D eigenvalue weighted by molar-refractivity contribution is -0.121. The Labute approximate surface area is 170 Å². The van der Waals surface area contributed by atoms with Crippen LogP contribution in [0.3, 0.4) is 0 Å². The van der Waals surface area contributed by atoms with Gasteiger partial charge in [-0.25, -0.2) is 0 Å². The van der Waals surface area contributed by atoms with E-state index in [-0.39, 0.29) is 17.7 Å². The third-order valence-corrected chi connectivity index (χ3v) is 4.08. The Kier molecular flexibility index (Phi) is 8.69. The van der Waals surface area contributed by atoms with E-state index in [4.69, 9.17) is 4.74 Å². The van der Waals surface area contributed by atoms with E-state index in [9.17, 15) is 14.4 Å². The van der Waals surface area contributed by atoms with Gasteiger partial charge in [-0.2, -0.15) is 0 Å². The van der Waals surface area contributed by atoms with Gasteiger partial charge in [-0.15, -0.1) is 0 Å². The molecule has 0 atom stereocenters. The summed E-state index contributed by atoms with van der Waals surface area (Å²) in [5.41, 5.74) is 2.07. The highest BCUT2D eigenvalue weighted by Crippen LogP contribution is 2.16. The van der Waals surface area contributed by atoms with E-state index < -0.39 is 0 Å². The number of aryl methyl sites for hydroxylation is 1. The van der Waals surface area contributed by atoms with Crippen LogP contribution in [-0.2, 0) is 9.59 Å². The fourth-order valence-corrected chi connectivity index (χ4v) is 2.64. The molecule has 0 aliphatic carbocycles. The highest BCUT2D eigenvalue weighted by Gasteiger charge is 2.07. The molecule has 29 heavy (non-hydrogen) atoms. The summed E-state index contributed by atoms with van der Waals surface area (Å²) in [5.74, 6) is 0.283. The summed E-state index contributed by atoms with van der Waals surface area (Å²) in [6, 6.07) is 14.4. The van der Waals surface area contributed by atoms with Crippen molar-refractivity contribution in [3.05, 3.63) is 59.7 Å². The van der Waals surface area contributed by atoms with Crippen molar-refractivity contribution in [3.63, 3.8) is 0 Å². The molecule has 0 spiro atoms. The number of para-hydroxylation sites is 1. The Morgan fingerprint density at radius 3 is 2.48 bits per heavy atom. The molecule has 7 nitrogen and oxygen atoms in total. The Balaban J connectivity index is 1.61. The molecule has 0 saturated heterocycles. The van der Waals surface area contributed by atoms with Gasteiger partial charge in [0.25, 0.3) is 5.91 Å². The van der Waals surface area contributed by atoms with Gasteiger partial charge in [0.15, 0.2) is 0 Å². The molecule has 3 N–H and O–H groups in total. The van der Waals surface area contributed by atoms with E-state index in [1.54, 1.807) is 24.3 Å². The lowest BCUT2D eigenvalue weighted by Crippen LogP contribution is -2.34. The summed E-state index contributed by atoms with van der Waals surface area (Å²) in [7, 11) is 0. The highest BCUT2D eigenvalue weighted by molar-refractivity contribution is 5.96. The Morgan fingerprint density at radius 1 is 0.966 bits per heavy atom. The van der Waals surface area contributed by atoms with Crippen LogP contribution < -0.4 is 20.7 Å². The quantitative estimate of drug-likeness (QED) is 0.537. The SMILES string of the molecule is CC(=O)Nc1cccc(C(=O)NCCNC(=O)CCCOc2ccccc2C)c1. The molecule has 2 aromatic carbocycles. The first kappa shape index (κ1) is 21.9. The zero-order valence-corrected chi connectivity index (χ0v) is 16.8. The van der Waals surface area contributed by atoms with Gasteiger partial charge < -0.3 is 20.7 Å². The van der Waals surface area contributed by atoms with Gasteiger partial charge in [-0.1, -0.05) is 24.3 Å². The minimum absolute atomic E-state index is 0.0831. The van der Waals surface area contributed by atoms with Gasteiger partial charge in [-0.05, 0) is 43.2 Å². The standard InChI is InChI=1S/C22H27N3O4/c1-16-7-3-4-10-20(16)29-14-6-11-21(27)23-12-13-24-22(28)18-8-5-9-19(15-18)25-17(2)26/h3-5,7-10,15H,6,11-14H2,1-2H3,(H,23,27)(H,24,28)(H,25,26). The van der Waals surface area contributed by atoms with Crippen molar-refractivity contribution in [2.24, 2.45) is 0 Å². The van der Waals surface area contributed by atoms with Crippen LogP contribution in [0, 0.1) is 6.92 Å². The van der Waals surface area contributed by atoms with Crippen molar-refractivity contribution in [1.82, 2.24) is 10.6 Å². The smallest absolute Gasteiger partial charge is 0.251 e. The number of carbonyl (C=O) groups is 3. The van der Waals surface area contributed by atoms with Gasteiger partial charge in [0, 0.05) is 37.7 Å². The second-order valence-electron chi connectivity index (χ2n) is 6.59. The first-order valence-electron chi connectivity index (χ1n) is 9.56. The number of carbonyl (C=O) groups excluding carboxylic acids is 3. The van der Waals surface area contributed by atoms with E-state index in [1.807, 2.05) is 31.2 Å². The number of nitrogens with one attached hydrogen (secondary N) is 3. The normalized spacial score (nSPS) is 10.1. The topological polar surface area (TPSA) is 96.5 Å². The maximum atomic E-state index is 12.1. The van der Waals surface area contributed by atoms with E-state index in [0.29, 0.717) is 43.8 Å². The van der Waals surface area contributed by atoms with Crippen LogP contribution in [0.25, 0.3) is 0 Å². The van der Waals surface area contributed by atoms with Crippen LogP contribution in [0.4, 0.5) is 5.69 Å². The largest absolute Gasteiger partial charge is 0.493 e. The zero-order valence-electron chi connectivity index (χ0n) is 16.8. The molecule has 0 fully saturated rings. The number of hydrogen-bond donors (Lipinski definition) is 3. The number of rotatable bonds is 10. The highest BCUT2D eigenvalue weighted by atomic mass is 16.5. The number of anilines is 1. The van der Waals surface area contributed by atoms with Crippen molar-refractivity contribution in [2.75, 3.05) is 25.0 Å². The first-order valence-corrected chi connectivity index (χ1v) is 9.56. The average Bonchev–Trinajstić information content (AvgIpc) is 2.69. The van der Waals surface area contributed by atoms with E-state index in [2.05, 4.69) is 16.0 Å². The van der Waals surface area contributed by atoms with Gasteiger partial charge in [0.2, 0.25) is 11.8 Å². The molecule has 0 unspecified atom stereocenters. The summed E-state index contributed by atoms with van der Waals surface area (Å²) in [4.78, 5) is 35.1. The molecule has 7 heteroatoms. The van der Waals surface area contributed by atoms with Crippen LogP contribution in [0.5, 0.6) is 5.75 Å². The predicted octanol–water partition coefficient (Wildman–Crippen LogP) is 2.66. The van der Waals surface area contributed by atoms with Gasteiger partial charge in [0.05, 0.1) is 6.61 Å². The Bertz CT molecular complexity index is 851. The molecule has 3 amide bonds. The van der Waals surface area contributed by atoms with Crippen LogP contribution in [0.2, 0.25) is 0 Å². The molecule has 0 aliphatic heterocycles. The number of benzene rings is 2. The van der Waals surface area contributed by atoms with Crippen molar-refractivity contribution in [3.8, 4) is 5.75 Å². The number of ether oxygens (including phenoxy) is 1. The van der Waals surface area contributed by atoms with Crippen LogP contribution in [0.1, 0.15) is 35.7 Å². The summed E-state index contributed by atoms with van der Waals surface area (Å²) in [6.45, 7) is 4.51. The molecular formula is C22H27N3O4. The molecule has 2 rings (SSSR count). The second kappa shape index (κ2) is 11.5. The van der Waals surface area contributed by atoms with Gasteiger partial charge in [0.1, 0.15) is 5.75 Å². The number of hydrogen-bond acceptors (Lipinski definition) is 4. The van der Waals surface area contributed by atoms with Gasteiger partial charge >= 0.3 is 0 Å². The molecule has 154 valence electrons. The summed E-state index contributed by atoms with van der Waals surface area (Å²) in [5, 5.41) is 8.14. The maximum Gasteiger partial charge on any atom is 0.251 e. The minimum Gasteiger partial charge on any atom is -0.493 e. The fraction of sp³-hybridized carbons (Fsp3) is 0.318. The van der Waals surface area contributed by atoms with Crippen molar-refractivity contribution < 1.29 is 19.1 Å². The second-order valence-corrected chi connectivity index (χ2v) is 6.59. The monoisotopic (exact) mass is 397 g/mol. The zero-order chi connectivity index (χ0) is 21.1. The summed E-state index contributed by atoms with van der Waals surface area (Å²) < 4.78 is 5.66. The lowest BCUT2D eigenvalue weighted by Gasteiger charge is -2.10. The summed E-state index contributed by atoms with van der Waals surface area (Å²) in [6.07, 6.45) is 0.973. The molecule has 0 aromatic heterocycles. The first-order chi connectivity index (χ1) is 14.0. The van der Waals surface area contributed by atoms with Crippen LogP contribution >= 0.6 is 0 Å². The van der Waals surface area contributed by atoms with Gasteiger partial charge in [-0.3, -0.25) is 14.4 Å². The van der Waals surface area contributed by atoms with Crippen LogP contribution in [-0.4, -0.2) is 37.4 Å². The molecule has 0 aliphatic rings. The van der Waals surface area contributed by atoms with Crippen molar-refractivity contribution in [2.45, 2.75) is 26.7 Å². The average molecular weight is 397 g/mol. The predicted molar refractivity (Wildman–Crippen MR) is 112 cm³/mol. The Morgan fingerprint density at radius 2 is 1.72 bits per heavy atom. The maximum absolute atomic E-state index is 12.1. The molecule has 0 bridgehead atoms. The minimum atomic E-state index is -0.266. The molecule has 0 heterocycles. The third kappa shape index (κ3) is 8.04. The molecular weight excluding hydrogens is 370 g/mol. The Hall–Kier alpha value is -3.35. The lowest BCUT2D eigenvalue weighted by atomic mass is 10.2. The fourth-order valence-electron chi connectivity index (χ4n) is 2.64. The van der Waals surface area contributed by atoms with Crippen molar-refractivity contribution in [1.29, 1.82) is 0 Å². The van der Waals surface area contributed by atoms with E-state index in [0.717, 1.165) is 11.3 Å². The van der Waals surface area contributed by atoms with Crippen molar-refractivity contribution >= 4 is 23.4 Å². The van der Waals surface area contributed by atoms with E-state index in [1.165, 1.54) is 6.92 Å². The molecule has 2 aromatic rings. The molecule has 0 radical (unpaired) electrons. The summed E-state index contributed by atoms with van der Waals surface area (Å²) >= 11 is 0. The molecule has 0 saturated carbocycles. The number of amides is 3. The van der Waals surface area contributed by atoms with E-state index >= 15 is 0 Å². The third-order valence-electron chi connectivity index (χ3n) is 4.08.